The Morgan fingerprint density at radius 1 is 0.938 bits per heavy atom. The Labute approximate surface area is 188 Å². The average molecular weight is 437 g/mol. The van der Waals surface area contributed by atoms with E-state index >= 15 is 0 Å². The molecule has 0 atom stereocenters. The third kappa shape index (κ3) is 6.88. The van der Waals surface area contributed by atoms with Crippen LogP contribution in [0.25, 0.3) is 0 Å². The van der Waals surface area contributed by atoms with Crippen LogP contribution in [0.2, 0.25) is 0 Å². The Morgan fingerprint density at radius 3 is 2.25 bits per heavy atom. The summed E-state index contributed by atoms with van der Waals surface area (Å²) in [5.74, 6) is 1.60. The summed E-state index contributed by atoms with van der Waals surface area (Å²) >= 11 is 0. The standard InChI is InChI=1S/C25H27NO6/c1-4-13-26-23(27)17-32-25(29)20-10-8-7-9-19(20)24(28)18-11-12-21(30-14-5-2)22(16-18)31-15-6-3/h1,7-12,16H,5-6,13-15,17H2,2-3H3,(H,26,27). The van der Waals surface area contributed by atoms with E-state index in [9.17, 15) is 14.4 Å². The zero-order chi connectivity index (χ0) is 23.3. The smallest absolute Gasteiger partial charge is 0.339 e. The van der Waals surface area contributed by atoms with E-state index in [1.54, 1.807) is 30.3 Å². The van der Waals surface area contributed by atoms with Crippen molar-refractivity contribution in [2.75, 3.05) is 26.4 Å². The molecule has 0 unspecified atom stereocenters. The van der Waals surface area contributed by atoms with Crippen LogP contribution in [-0.2, 0) is 9.53 Å². The van der Waals surface area contributed by atoms with E-state index in [-0.39, 0.29) is 23.5 Å². The van der Waals surface area contributed by atoms with Gasteiger partial charge in [0.2, 0.25) is 0 Å². The molecule has 0 saturated carbocycles. The first-order chi connectivity index (χ1) is 15.5. The summed E-state index contributed by atoms with van der Waals surface area (Å²) in [6, 6.07) is 11.2. The minimum Gasteiger partial charge on any atom is -0.490 e. The van der Waals surface area contributed by atoms with Gasteiger partial charge in [0, 0.05) is 11.1 Å². The summed E-state index contributed by atoms with van der Waals surface area (Å²) in [5, 5.41) is 2.40. The number of rotatable bonds is 12. The van der Waals surface area contributed by atoms with E-state index in [1.807, 2.05) is 13.8 Å². The lowest BCUT2D eigenvalue weighted by molar-refractivity contribution is -0.123. The van der Waals surface area contributed by atoms with E-state index in [0.29, 0.717) is 30.3 Å². The van der Waals surface area contributed by atoms with E-state index in [4.69, 9.17) is 20.6 Å². The molecular weight excluding hydrogens is 410 g/mol. The van der Waals surface area contributed by atoms with Crippen LogP contribution in [0.4, 0.5) is 0 Å². The highest BCUT2D eigenvalue weighted by Crippen LogP contribution is 2.30. The number of benzene rings is 2. The van der Waals surface area contributed by atoms with Crippen molar-refractivity contribution in [3.63, 3.8) is 0 Å². The molecule has 0 bridgehead atoms. The summed E-state index contributed by atoms with van der Waals surface area (Å²) in [5.41, 5.74) is 0.557. The van der Waals surface area contributed by atoms with Gasteiger partial charge in [-0.1, -0.05) is 38.0 Å². The Hall–Kier alpha value is -3.79. The fourth-order valence-electron chi connectivity index (χ4n) is 2.73. The normalized spacial score (nSPS) is 10.0. The lowest BCUT2D eigenvalue weighted by Gasteiger charge is -2.14. The van der Waals surface area contributed by atoms with Crippen molar-refractivity contribution in [3.05, 3.63) is 59.2 Å². The molecule has 2 aromatic rings. The largest absolute Gasteiger partial charge is 0.490 e. The summed E-state index contributed by atoms with van der Waals surface area (Å²) in [6.45, 7) is 4.52. The highest BCUT2D eigenvalue weighted by Gasteiger charge is 2.21. The second kappa shape index (κ2) is 12.8. The van der Waals surface area contributed by atoms with Gasteiger partial charge in [-0.05, 0) is 37.1 Å². The monoisotopic (exact) mass is 437 g/mol. The zero-order valence-electron chi connectivity index (χ0n) is 18.3. The van der Waals surface area contributed by atoms with Crippen molar-refractivity contribution in [2.24, 2.45) is 0 Å². The Bertz CT molecular complexity index is 992. The summed E-state index contributed by atoms with van der Waals surface area (Å²) in [4.78, 5) is 37.3. The van der Waals surface area contributed by atoms with Crippen molar-refractivity contribution in [1.82, 2.24) is 5.32 Å². The van der Waals surface area contributed by atoms with Gasteiger partial charge in [-0.15, -0.1) is 6.42 Å². The highest BCUT2D eigenvalue weighted by atomic mass is 16.5. The molecule has 0 radical (unpaired) electrons. The van der Waals surface area contributed by atoms with Crippen LogP contribution >= 0.6 is 0 Å². The highest BCUT2D eigenvalue weighted by molar-refractivity contribution is 6.14. The van der Waals surface area contributed by atoms with E-state index < -0.39 is 18.5 Å². The topological polar surface area (TPSA) is 90.9 Å². The maximum Gasteiger partial charge on any atom is 0.339 e. The molecule has 0 fully saturated rings. The predicted octanol–water partition coefficient (Wildman–Crippen LogP) is 3.40. The molecule has 32 heavy (non-hydrogen) atoms. The molecule has 0 aliphatic rings. The first kappa shape index (κ1) is 24.5. The Kier molecular flexibility index (Phi) is 9.79. The lowest BCUT2D eigenvalue weighted by Crippen LogP contribution is -2.29. The molecule has 168 valence electrons. The second-order valence-electron chi connectivity index (χ2n) is 6.79. The second-order valence-corrected chi connectivity index (χ2v) is 6.79. The number of carbonyl (C=O) groups excluding carboxylic acids is 3. The van der Waals surface area contributed by atoms with E-state index in [0.717, 1.165) is 12.8 Å². The van der Waals surface area contributed by atoms with Gasteiger partial charge in [0.15, 0.2) is 23.9 Å². The van der Waals surface area contributed by atoms with Crippen molar-refractivity contribution < 1.29 is 28.6 Å². The Morgan fingerprint density at radius 2 is 1.59 bits per heavy atom. The average Bonchev–Trinajstić information content (AvgIpc) is 2.83. The number of terminal acetylenes is 1. The van der Waals surface area contributed by atoms with Crippen molar-refractivity contribution in [2.45, 2.75) is 26.7 Å². The van der Waals surface area contributed by atoms with Gasteiger partial charge >= 0.3 is 5.97 Å². The van der Waals surface area contributed by atoms with E-state index in [2.05, 4.69) is 11.2 Å². The molecule has 7 nitrogen and oxygen atoms in total. The molecule has 0 aliphatic heterocycles. The van der Waals surface area contributed by atoms with Gasteiger partial charge in [-0.25, -0.2) is 4.79 Å². The fraction of sp³-hybridized carbons (Fsp3) is 0.320. The minimum atomic E-state index is -0.782. The SMILES string of the molecule is C#CCNC(=O)COC(=O)c1ccccc1C(=O)c1ccc(OCCC)c(OCCC)c1. The van der Waals surface area contributed by atoms with E-state index in [1.165, 1.54) is 12.1 Å². The number of hydrogen-bond acceptors (Lipinski definition) is 6. The number of amides is 1. The maximum atomic E-state index is 13.2. The number of esters is 1. The van der Waals surface area contributed by atoms with Gasteiger partial charge in [-0.3, -0.25) is 9.59 Å². The first-order valence-electron chi connectivity index (χ1n) is 10.4. The van der Waals surface area contributed by atoms with Crippen LogP contribution < -0.4 is 14.8 Å². The van der Waals surface area contributed by atoms with Gasteiger partial charge in [0.25, 0.3) is 5.91 Å². The molecule has 1 amide bonds. The molecule has 0 spiro atoms. The predicted molar refractivity (Wildman–Crippen MR) is 120 cm³/mol. The minimum absolute atomic E-state index is 0.0336. The van der Waals surface area contributed by atoms with Crippen LogP contribution in [0.1, 0.15) is 53.0 Å². The number of carbonyl (C=O) groups is 3. The fourth-order valence-corrected chi connectivity index (χ4v) is 2.73. The molecule has 0 aliphatic carbocycles. The van der Waals surface area contributed by atoms with Crippen LogP contribution in [0.5, 0.6) is 11.5 Å². The Balaban J connectivity index is 2.25. The van der Waals surface area contributed by atoms with Crippen molar-refractivity contribution >= 4 is 17.7 Å². The number of ether oxygens (including phenoxy) is 3. The van der Waals surface area contributed by atoms with Gasteiger partial charge in [-0.2, -0.15) is 0 Å². The number of hydrogen-bond donors (Lipinski definition) is 1. The molecule has 0 saturated heterocycles. The molecule has 1 N–H and O–H groups in total. The zero-order valence-corrected chi connectivity index (χ0v) is 18.3. The van der Waals surface area contributed by atoms with Crippen molar-refractivity contribution in [1.29, 1.82) is 0 Å². The summed E-state index contributed by atoms with van der Waals surface area (Å²) in [6.07, 6.45) is 6.71. The molecule has 2 aromatic carbocycles. The quantitative estimate of drug-likeness (QED) is 0.311. The van der Waals surface area contributed by atoms with Gasteiger partial charge < -0.3 is 19.5 Å². The van der Waals surface area contributed by atoms with Crippen molar-refractivity contribution in [3.8, 4) is 23.8 Å². The maximum absolute atomic E-state index is 13.2. The van der Waals surface area contributed by atoms with Crippen LogP contribution in [-0.4, -0.2) is 44.0 Å². The molecule has 0 aromatic heterocycles. The summed E-state index contributed by atoms with van der Waals surface area (Å²) in [7, 11) is 0. The molecule has 7 heteroatoms. The number of nitrogens with one attached hydrogen (secondary N) is 1. The number of ketones is 1. The van der Waals surface area contributed by atoms with Crippen LogP contribution in [0, 0.1) is 12.3 Å². The molecular formula is C25H27NO6. The van der Waals surface area contributed by atoms with Crippen LogP contribution in [0.15, 0.2) is 42.5 Å². The molecule has 2 rings (SSSR count). The van der Waals surface area contributed by atoms with Gasteiger partial charge in [0.1, 0.15) is 0 Å². The third-order valence-corrected chi connectivity index (χ3v) is 4.24. The lowest BCUT2D eigenvalue weighted by atomic mass is 9.98. The third-order valence-electron chi connectivity index (χ3n) is 4.24. The first-order valence-corrected chi connectivity index (χ1v) is 10.4. The van der Waals surface area contributed by atoms with Crippen LogP contribution in [0.3, 0.4) is 0 Å². The molecule has 0 heterocycles. The summed E-state index contributed by atoms with van der Waals surface area (Å²) < 4.78 is 16.5. The van der Waals surface area contributed by atoms with Gasteiger partial charge in [0.05, 0.1) is 25.3 Å².